The Morgan fingerprint density at radius 1 is 1.15 bits per heavy atom. The highest BCUT2D eigenvalue weighted by molar-refractivity contribution is 7.90. The number of ether oxygens (including phenoxy) is 2. The number of methoxy groups -OCH3 is 1. The van der Waals surface area contributed by atoms with Crippen LogP contribution in [0.3, 0.4) is 0 Å². The maximum absolute atomic E-state index is 12.6. The first-order valence-corrected chi connectivity index (χ1v) is 9.88. The van der Waals surface area contributed by atoms with Crippen molar-refractivity contribution >= 4 is 21.9 Å². The summed E-state index contributed by atoms with van der Waals surface area (Å²) in [4.78, 5) is 24.1. The topological polar surface area (TPSA) is 123 Å². The summed E-state index contributed by atoms with van der Waals surface area (Å²) in [5.74, 6) is -2.72. The zero-order valence-electron chi connectivity index (χ0n) is 15.9. The van der Waals surface area contributed by atoms with E-state index in [9.17, 15) is 18.0 Å². The van der Waals surface area contributed by atoms with Crippen LogP contribution in [0, 0.1) is 23.2 Å². The molecule has 9 heteroatoms. The van der Waals surface area contributed by atoms with Crippen LogP contribution in [0.5, 0.6) is 5.75 Å². The van der Waals surface area contributed by atoms with Gasteiger partial charge in [0.1, 0.15) is 11.8 Å². The van der Waals surface area contributed by atoms with Gasteiger partial charge in [0, 0.05) is 0 Å². The number of sulfonamides is 1. The van der Waals surface area contributed by atoms with Crippen molar-refractivity contribution < 1.29 is 27.5 Å². The van der Waals surface area contributed by atoms with Crippen LogP contribution in [0.15, 0.2) is 24.3 Å². The van der Waals surface area contributed by atoms with Gasteiger partial charge in [-0.2, -0.15) is 5.26 Å². The molecule has 1 rings (SSSR count). The summed E-state index contributed by atoms with van der Waals surface area (Å²) in [7, 11) is -2.99. The number of hydrogen-bond acceptors (Lipinski definition) is 7. The van der Waals surface area contributed by atoms with E-state index in [0.717, 1.165) is 7.11 Å². The smallest absolute Gasteiger partial charge is 0.309 e. The maximum atomic E-state index is 12.6. The lowest BCUT2D eigenvalue weighted by molar-refractivity contribution is -0.144. The molecule has 1 aromatic carbocycles. The fourth-order valence-corrected chi connectivity index (χ4v) is 3.46. The molecule has 0 aliphatic rings. The quantitative estimate of drug-likeness (QED) is 0.662. The summed E-state index contributed by atoms with van der Waals surface area (Å²) >= 11 is 0. The molecule has 1 N–H and O–H groups in total. The van der Waals surface area contributed by atoms with Crippen LogP contribution < -0.4 is 9.46 Å². The molecular formula is C18H24N2O6S. The molecular weight excluding hydrogens is 372 g/mol. The number of carbonyl (C=O) groups excluding carboxylic acids is 2. The van der Waals surface area contributed by atoms with Crippen molar-refractivity contribution in [2.75, 3.05) is 7.11 Å². The van der Waals surface area contributed by atoms with E-state index in [2.05, 4.69) is 4.74 Å². The van der Waals surface area contributed by atoms with Crippen LogP contribution in [-0.2, 0) is 24.3 Å². The molecule has 0 saturated heterocycles. The summed E-state index contributed by atoms with van der Waals surface area (Å²) in [6.07, 6.45) is -1.14. The minimum Gasteiger partial charge on any atom is -0.479 e. The fourth-order valence-electron chi connectivity index (χ4n) is 2.23. The number of hydrogen-bond donors (Lipinski definition) is 1. The molecule has 0 bridgehead atoms. The van der Waals surface area contributed by atoms with Gasteiger partial charge in [-0.1, -0.05) is 32.9 Å². The summed E-state index contributed by atoms with van der Waals surface area (Å²) in [5, 5.41) is 7.95. The van der Waals surface area contributed by atoms with Gasteiger partial charge in [0.2, 0.25) is 10.0 Å². The lowest BCUT2D eigenvalue weighted by Crippen LogP contribution is -2.48. The largest absolute Gasteiger partial charge is 0.479 e. The average molecular weight is 396 g/mol. The Labute approximate surface area is 159 Å². The second-order valence-electron chi connectivity index (χ2n) is 6.42. The van der Waals surface area contributed by atoms with Crippen molar-refractivity contribution in [3.63, 3.8) is 0 Å². The number of esters is 1. The Balaban J connectivity index is 3.02. The van der Waals surface area contributed by atoms with E-state index in [1.54, 1.807) is 26.0 Å². The Bertz CT molecular complexity index is 828. The van der Waals surface area contributed by atoms with Gasteiger partial charge in [-0.15, -0.1) is 0 Å². The van der Waals surface area contributed by atoms with Gasteiger partial charge in [-0.25, -0.2) is 13.1 Å². The van der Waals surface area contributed by atoms with Gasteiger partial charge in [0.05, 0.1) is 23.8 Å². The maximum Gasteiger partial charge on any atom is 0.309 e. The second-order valence-corrected chi connectivity index (χ2v) is 8.46. The highest BCUT2D eigenvalue weighted by Gasteiger charge is 2.36. The molecule has 0 aromatic heterocycles. The number of carbonyl (C=O) groups is 2. The van der Waals surface area contributed by atoms with Crippen molar-refractivity contribution in [3.05, 3.63) is 29.8 Å². The van der Waals surface area contributed by atoms with E-state index in [1.807, 2.05) is 10.8 Å². The van der Waals surface area contributed by atoms with Crippen LogP contribution in [-0.4, -0.2) is 38.8 Å². The summed E-state index contributed by atoms with van der Waals surface area (Å²) in [5.41, 5.74) is 0.228. The van der Waals surface area contributed by atoms with Crippen molar-refractivity contribution in [2.24, 2.45) is 11.8 Å². The monoisotopic (exact) mass is 396 g/mol. The first-order chi connectivity index (χ1) is 12.5. The number of benzene rings is 1. The zero-order valence-corrected chi connectivity index (χ0v) is 16.7. The number of amides is 1. The van der Waals surface area contributed by atoms with Crippen LogP contribution in [0.1, 0.15) is 33.3 Å². The molecule has 3 atom stereocenters. The second kappa shape index (κ2) is 9.37. The lowest BCUT2D eigenvalue weighted by atomic mass is 10.1. The van der Waals surface area contributed by atoms with Crippen molar-refractivity contribution in [1.29, 1.82) is 5.26 Å². The van der Waals surface area contributed by atoms with Gasteiger partial charge in [0.25, 0.3) is 5.91 Å². The van der Waals surface area contributed by atoms with Crippen LogP contribution in [0.4, 0.5) is 0 Å². The SMILES string of the molecule is COC(=O)C(C)C(C)S(=O)(=O)NC(=O)C(Oc1ccccc1C#N)C(C)C. The van der Waals surface area contributed by atoms with Gasteiger partial charge in [-0.05, 0) is 25.0 Å². The van der Waals surface area contributed by atoms with Crippen molar-refractivity contribution in [1.82, 2.24) is 4.72 Å². The summed E-state index contributed by atoms with van der Waals surface area (Å²) < 4.78 is 37.1. The van der Waals surface area contributed by atoms with Gasteiger partial charge in [0.15, 0.2) is 6.10 Å². The van der Waals surface area contributed by atoms with Gasteiger partial charge in [-0.3, -0.25) is 9.59 Å². The summed E-state index contributed by atoms with van der Waals surface area (Å²) in [6.45, 7) is 6.09. The average Bonchev–Trinajstić information content (AvgIpc) is 2.63. The lowest BCUT2D eigenvalue weighted by Gasteiger charge is -2.24. The Kier molecular flexibility index (Phi) is 7.79. The number of nitrogens with one attached hydrogen (secondary N) is 1. The molecule has 0 radical (unpaired) electrons. The van der Waals surface area contributed by atoms with E-state index >= 15 is 0 Å². The van der Waals surface area contributed by atoms with Crippen molar-refractivity contribution in [2.45, 2.75) is 39.0 Å². The molecule has 0 heterocycles. The molecule has 148 valence electrons. The highest BCUT2D eigenvalue weighted by Crippen LogP contribution is 2.21. The molecule has 8 nitrogen and oxygen atoms in total. The predicted molar refractivity (Wildman–Crippen MR) is 98.1 cm³/mol. The molecule has 3 unspecified atom stereocenters. The fraction of sp³-hybridized carbons (Fsp3) is 0.500. The first-order valence-electron chi connectivity index (χ1n) is 8.34. The zero-order chi connectivity index (χ0) is 20.8. The molecule has 27 heavy (non-hydrogen) atoms. The predicted octanol–water partition coefficient (Wildman–Crippen LogP) is 1.61. The normalized spacial score (nSPS) is 14.6. The third kappa shape index (κ3) is 5.69. The van der Waals surface area contributed by atoms with Crippen LogP contribution >= 0.6 is 0 Å². The molecule has 1 aromatic rings. The molecule has 0 aliphatic heterocycles. The number of nitrogens with zero attached hydrogens (tertiary/aromatic N) is 1. The number of para-hydroxylation sites is 1. The van der Waals surface area contributed by atoms with E-state index in [0.29, 0.717) is 0 Å². The van der Waals surface area contributed by atoms with E-state index < -0.39 is 39.2 Å². The minimum absolute atomic E-state index is 0.183. The van der Waals surface area contributed by atoms with Crippen LogP contribution in [0.25, 0.3) is 0 Å². The number of rotatable bonds is 8. The van der Waals surface area contributed by atoms with Crippen molar-refractivity contribution in [3.8, 4) is 11.8 Å². The highest BCUT2D eigenvalue weighted by atomic mass is 32.2. The molecule has 0 spiro atoms. The van der Waals surface area contributed by atoms with Crippen LogP contribution in [0.2, 0.25) is 0 Å². The molecule has 0 aliphatic carbocycles. The molecule has 0 saturated carbocycles. The van der Waals surface area contributed by atoms with E-state index in [4.69, 9.17) is 10.00 Å². The number of nitriles is 1. The summed E-state index contributed by atoms with van der Waals surface area (Å²) in [6, 6.07) is 8.30. The van der Waals surface area contributed by atoms with Gasteiger partial charge < -0.3 is 9.47 Å². The van der Waals surface area contributed by atoms with Gasteiger partial charge >= 0.3 is 5.97 Å². The third-order valence-corrected chi connectivity index (χ3v) is 6.01. The van der Waals surface area contributed by atoms with E-state index in [1.165, 1.54) is 26.0 Å². The Morgan fingerprint density at radius 2 is 1.74 bits per heavy atom. The molecule has 1 amide bonds. The third-order valence-electron chi connectivity index (χ3n) is 4.13. The Hall–Kier alpha value is -2.60. The standard InChI is InChI=1S/C18H24N2O6S/c1-11(2)16(26-15-9-7-6-8-14(15)10-19)17(21)20-27(23,24)13(4)12(3)18(22)25-5/h6-9,11-13,16H,1-5H3,(H,20,21). The first kappa shape index (κ1) is 22.4. The molecule has 0 fully saturated rings. The minimum atomic E-state index is -4.15. The Morgan fingerprint density at radius 3 is 2.26 bits per heavy atom. The van der Waals surface area contributed by atoms with E-state index in [-0.39, 0.29) is 17.2 Å².